The second kappa shape index (κ2) is 10.1. The van der Waals surface area contributed by atoms with Crippen molar-refractivity contribution in [2.45, 2.75) is 19.8 Å². The molecule has 132 valence electrons. The van der Waals surface area contributed by atoms with E-state index in [1.54, 1.807) is 31.2 Å². The average Bonchev–Trinajstić information content (AvgIpc) is 2.65. The minimum absolute atomic E-state index is 0.197. The van der Waals surface area contributed by atoms with Crippen LogP contribution >= 0.6 is 0 Å². The molecule has 2 rings (SSSR count). The summed E-state index contributed by atoms with van der Waals surface area (Å²) in [5, 5.41) is 0. The van der Waals surface area contributed by atoms with Crippen molar-refractivity contribution in [2.75, 3.05) is 19.8 Å². The molecule has 0 saturated heterocycles. The van der Waals surface area contributed by atoms with Crippen molar-refractivity contribution in [3.63, 3.8) is 0 Å². The normalized spacial score (nSPS) is 10.1. The van der Waals surface area contributed by atoms with Crippen LogP contribution in [0.5, 0.6) is 5.75 Å². The Bertz CT molecular complexity index is 681. The Morgan fingerprint density at radius 2 is 1.76 bits per heavy atom. The molecule has 0 aromatic heterocycles. The van der Waals surface area contributed by atoms with Crippen LogP contribution in [0.25, 0.3) is 0 Å². The first-order valence-electron chi connectivity index (χ1n) is 8.28. The highest BCUT2D eigenvalue weighted by molar-refractivity contribution is 5.89. The van der Waals surface area contributed by atoms with Gasteiger partial charge in [-0.05, 0) is 43.5 Å². The van der Waals surface area contributed by atoms with Crippen LogP contribution in [0.2, 0.25) is 0 Å². The van der Waals surface area contributed by atoms with Gasteiger partial charge in [-0.3, -0.25) is 0 Å². The fourth-order valence-electron chi connectivity index (χ4n) is 2.22. The highest BCUT2D eigenvalue weighted by atomic mass is 16.6. The summed E-state index contributed by atoms with van der Waals surface area (Å²) in [4.78, 5) is 23.4. The number of esters is 2. The van der Waals surface area contributed by atoms with Crippen LogP contribution in [0.3, 0.4) is 0 Å². The number of rotatable bonds is 9. The molecule has 0 spiro atoms. The predicted octanol–water partition coefficient (Wildman–Crippen LogP) is 3.42. The van der Waals surface area contributed by atoms with E-state index < -0.39 is 11.9 Å². The molecule has 0 aliphatic carbocycles. The predicted molar refractivity (Wildman–Crippen MR) is 93.6 cm³/mol. The summed E-state index contributed by atoms with van der Waals surface area (Å²) in [6.45, 7) is 2.20. The molecule has 0 aliphatic rings. The van der Waals surface area contributed by atoms with Gasteiger partial charge in [0.25, 0.3) is 0 Å². The minimum atomic E-state index is -0.436. The molecule has 25 heavy (non-hydrogen) atoms. The lowest BCUT2D eigenvalue weighted by Crippen LogP contribution is -2.16. The summed E-state index contributed by atoms with van der Waals surface area (Å²) in [5.74, 6) is -0.433. The largest absolute Gasteiger partial charge is 0.482 e. The first-order chi connectivity index (χ1) is 12.2. The third-order valence-corrected chi connectivity index (χ3v) is 3.42. The number of benzene rings is 2. The van der Waals surface area contributed by atoms with E-state index >= 15 is 0 Å². The van der Waals surface area contributed by atoms with Gasteiger partial charge in [-0.1, -0.05) is 36.4 Å². The maximum atomic E-state index is 11.7. The van der Waals surface area contributed by atoms with E-state index in [9.17, 15) is 9.59 Å². The first-order valence-corrected chi connectivity index (χ1v) is 8.28. The van der Waals surface area contributed by atoms with Gasteiger partial charge < -0.3 is 14.2 Å². The maximum Gasteiger partial charge on any atom is 0.344 e. The summed E-state index contributed by atoms with van der Waals surface area (Å²) >= 11 is 0. The van der Waals surface area contributed by atoms with Crippen LogP contribution < -0.4 is 4.74 Å². The molecule has 0 bridgehead atoms. The van der Waals surface area contributed by atoms with Gasteiger partial charge in [0.15, 0.2) is 6.61 Å². The zero-order valence-corrected chi connectivity index (χ0v) is 14.3. The smallest absolute Gasteiger partial charge is 0.344 e. The lowest BCUT2D eigenvalue weighted by molar-refractivity contribution is -0.146. The van der Waals surface area contributed by atoms with Crippen molar-refractivity contribution in [3.8, 4) is 5.75 Å². The topological polar surface area (TPSA) is 61.8 Å². The fourth-order valence-corrected chi connectivity index (χ4v) is 2.22. The molecular formula is C20H22O5. The summed E-state index contributed by atoms with van der Waals surface area (Å²) in [6, 6.07) is 16.5. The SMILES string of the molecule is CCOC(=O)c1cccc(OCC(=O)OCCCc2ccccc2)c1. The molecule has 0 atom stereocenters. The van der Waals surface area contributed by atoms with Gasteiger partial charge in [0, 0.05) is 0 Å². The van der Waals surface area contributed by atoms with Gasteiger partial charge in [0.2, 0.25) is 0 Å². The van der Waals surface area contributed by atoms with E-state index in [0.717, 1.165) is 12.8 Å². The Kier molecular flexibility index (Phi) is 7.50. The molecule has 0 aliphatic heterocycles. The Morgan fingerprint density at radius 1 is 0.960 bits per heavy atom. The molecule has 0 N–H and O–H groups in total. The summed E-state index contributed by atoms with van der Waals surface area (Å²) in [5.41, 5.74) is 1.60. The third-order valence-electron chi connectivity index (χ3n) is 3.42. The quantitative estimate of drug-likeness (QED) is 0.516. The Hall–Kier alpha value is -2.82. The Balaban J connectivity index is 1.69. The van der Waals surface area contributed by atoms with Crippen molar-refractivity contribution < 1.29 is 23.8 Å². The van der Waals surface area contributed by atoms with Crippen molar-refractivity contribution in [2.24, 2.45) is 0 Å². The number of carbonyl (C=O) groups is 2. The summed E-state index contributed by atoms with van der Waals surface area (Å²) in [6.07, 6.45) is 1.62. The van der Waals surface area contributed by atoms with Crippen LogP contribution in [0, 0.1) is 0 Å². The third kappa shape index (κ3) is 6.67. The van der Waals surface area contributed by atoms with Gasteiger partial charge in [-0.15, -0.1) is 0 Å². The van der Waals surface area contributed by atoms with Crippen LogP contribution in [-0.2, 0) is 20.7 Å². The molecule has 0 radical (unpaired) electrons. The van der Waals surface area contributed by atoms with Crippen LogP contribution in [0.1, 0.15) is 29.3 Å². The lowest BCUT2D eigenvalue weighted by atomic mass is 10.1. The monoisotopic (exact) mass is 342 g/mol. The van der Waals surface area contributed by atoms with Crippen LogP contribution in [0.15, 0.2) is 54.6 Å². The number of aryl methyl sites for hydroxylation is 1. The molecule has 5 heteroatoms. The molecule has 0 saturated carbocycles. The molecule has 2 aromatic carbocycles. The van der Waals surface area contributed by atoms with E-state index in [2.05, 4.69) is 0 Å². The number of ether oxygens (including phenoxy) is 3. The standard InChI is InChI=1S/C20H22O5/c1-2-23-20(22)17-11-6-12-18(14-17)25-15-19(21)24-13-7-10-16-8-4-3-5-9-16/h3-6,8-9,11-12,14H,2,7,10,13,15H2,1H3. The molecule has 0 unspecified atom stereocenters. The van der Waals surface area contributed by atoms with Crippen molar-refractivity contribution in [3.05, 3.63) is 65.7 Å². The van der Waals surface area contributed by atoms with Gasteiger partial charge >= 0.3 is 11.9 Å². The maximum absolute atomic E-state index is 11.7. The van der Waals surface area contributed by atoms with Gasteiger partial charge in [0.05, 0.1) is 18.8 Å². The Morgan fingerprint density at radius 3 is 2.52 bits per heavy atom. The molecule has 0 heterocycles. The van der Waals surface area contributed by atoms with E-state index in [1.165, 1.54) is 5.56 Å². The molecular weight excluding hydrogens is 320 g/mol. The number of carbonyl (C=O) groups excluding carboxylic acids is 2. The summed E-state index contributed by atoms with van der Waals surface area (Å²) < 4.78 is 15.4. The zero-order valence-electron chi connectivity index (χ0n) is 14.3. The van der Waals surface area contributed by atoms with Crippen LogP contribution in [-0.4, -0.2) is 31.8 Å². The molecule has 2 aromatic rings. The van der Waals surface area contributed by atoms with E-state index in [4.69, 9.17) is 14.2 Å². The van der Waals surface area contributed by atoms with E-state index in [0.29, 0.717) is 24.5 Å². The zero-order chi connectivity index (χ0) is 17.9. The molecule has 5 nitrogen and oxygen atoms in total. The Labute approximate surface area is 147 Å². The first kappa shape index (κ1) is 18.5. The number of hydrogen-bond donors (Lipinski definition) is 0. The average molecular weight is 342 g/mol. The lowest BCUT2D eigenvalue weighted by Gasteiger charge is -2.08. The van der Waals surface area contributed by atoms with Gasteiger partial charge in [0.1, 0.15) is 5.75 Å². The minimum Gasteiger partial charge on any atom is -0.482 e. The highest BCUT2D eigenvalue weighted by Gasteiger charge is 2.09. The van der Waals surface area contributed by atoms with Crippen LogP contribution in [0.4, 0.5) is 0 Å². The van der Waals surface area contributed by atoms with Gasteiger partial charge in [-0.2, -0.15) is 0 Å². The van der Waals surface area contributed by atoms with Crippen molar-refractivity contribution in [1.82, 2.24) is 0 Å². The van der Waals surface area contributed by atoms with E-state index in [-0.39, 0.29) is 6.61 Å². The molecule has 0 amide bonds. The fraction of sp³-hybridized carbons (Fsp3) is 0.300. The second-order valence-corrected chi connectivity index (χ2v) is 5.35. The number of hydrogen-bond acceptors (Lipinski definition) is 5. The molecule has 0 fully saturated rings. The van der Waals surface area contributed by atoms with Crippen molar-refractivity contribution in [1.29, 1.82) is 0 Å². The second-order valence-electron chi connectivity index (χ2n) is 5.35. The van der Waals surface area contributed by atoms with Gasteiger partial charge in [-0.25, -0.2) is 9.59 Å². The summed E-state index contributed by atoms with van der Waals surface area (Å²) in [7, 11) is 0. The highest BCUT2D eigenvalue weighted by Crippen LogP contribution is 2.14. The van der Waals surface area contributed by atoms with Crippen molar-refractivity contribution >= 4 is 11.9 Å². The van der Waals surface area contributed by atoms with E-state index in [1.807, 2.05) is 30.3 Å².